The number of amides is 1. The first-order chi connectivity index (χ1) is 15.1. The number of carbonyl (C=O) groups is 1. The Morgan fingerprint density at radius 3 is 2.97 bits per heavy atom. The van der Waals surface area contributed by atoms with E-state index in [4.69, 9.17) is 9.47 Å². The normalized spacial score (nSPS) is 15.7. The summed E-state index contributed by atoms with van der Waals surface area (Å²) in [5.41, 5.74) is 3.97. The number of benzene rings is 2. The molecule has 0 saturated carbocycles. The van der Waals surface area contributed by atoms with Crippen LogP contribution >= 0.6 is 11.8 Å². The lowest BCUT2D eigenvalue weighted by Crippen LogP contribution is -2.19. The number of para-hydroxylation sites is 1. The van der Waals surface area contributed by atoms with Crippen LogP contribution in [0, 0.1) is 13.8 Å². The highest BCUT2D eigenvalue weighted by atomic mass is 32.2. The number of ether oxygens (including phenoxy) is 2. The van der Waals surface area contributed by atoms with Gasteiger partial charge in [0.15, 0.2) is 5.16 Å². The van der Waals surface area contributed by atoms with Crippen LogP contribution in [0.4, 0.5) is 5.69 Å². The van der Waals surface area contributed by atoms with E-state index >= 15 is 0 Å². The van der Waals surface area contributed by atoms with Crippen molar-refractivity contribution in [3.05, 3.63) is 66.0 Å². The first kappa shape index (κ1) is 21.5. The minimum absolute atomic E-state index is 0.102. The van der Waals surface area contributed by atoms with Crippen LogP contribution in [0.5, 0.6) is 5.75 Å². The van der Waals surface area contributed by atoms with Gasteiger partial charge in [0, 0.05) is 19.0 Å². The van der Waals surface area contributed by atoms with E-state index in [1.165, 1.54) is 11.8 Å². The first-order valence-electron chi connectivity index (χ1n) is 10.5. The summed E-state index contributed by atoms with van der Waals surface area (Å²) >= 11 is 1.41. The molecule has 0 aliphatic carbocycles. The number of imidazole rings is 1. The average molecular weight is 438 g/mol. The standard InChI is InChI=1S/C24H27N3O3S/c1-17-9-10-20(22(14-17)30-15-19-7-5-13-29-19)26-23(28)16-31-24-25-11-12-27(24)21-8-4-3-6-18(21)2/h3-4,6,8-12,14,19H,5,7,13,15-16H2,1-2H3,(H,26,28). The summed E-state index contributed by atoms with van der Waals surface area (Å²) in [7, 11) is 0. The Balaban J connectivity index is 1.39. The van der Waals surface area contributed by atoms with Gasteiger partial charge in [0.1, 0.15) is 12.4 Å². The molecule has 162 valence electrons. The van der Waals surface area contributed by atoms with Crippen molar-refractivity contribution >= 4 is 23.4 Å². The molecule has 0 spiro atoms. The smallest absolute Gasteiger partial charge is 0.234 e. The molecule has 1 saturated heterocycles. The Morgan fingerprint density at radius 2 is 2.16 bits per heavy atom. The van der Waals surface area contributed by atoms with Crippen LogP contribution in [0.2, 0.25) is 0 Å². The number of aryl methyl sites for hydroxylation is 2. The summed E-state index contributed by atoms with van der Waals surface area (Å²) in [6.07, 6.45) is 5.88. The van der Waals surface area contributed by atoms with Crippen molar-refractivity contribution < 1.29 is 14.3 Å². The molecule has 2 aromatic carbocycles. The lowest BCUT2D eigenvalue weighted by Gasteiger charge is -2.16. The number of thioether (sulfide) groups is 1. The van der Waals surface area contributed by atoms with Crippen molar-refractivity contribution in [2.24, 2.45) is 0 Å². The van der Waals surface area contributed by atoms with Crippen molar-refractivity contribution in [1.29, 1.82) is 0 Å². The lowest BCUT2D eigenvalue weighted by atomic mass is 10.2. The maximum atomic E-state index is 12.7. The fourth-order valence-electron chi connectivity index (χ4n) is 3.54. The number of rotatable bonds is 8. The lowest BCUT2D eigenvalue weighted by molar-refractivity contribution is -0.113. The highest BCUT2D eigenvalue weighted by Gasteiger charge is 2.18. The van der Waals surface area contributed by atoms with Gasteiger partial charge in [-0.25, -0.2) is 4.98 Å². The summed E-state index contributed by atoms with van der Waals surface area (Å²) in [6.45, 7) is 5.35. The number of nitrogens with one attached hydrogen (secondary N) is 1. The van der Waals surface area contributed by atoms with Crippen LogP contribution in [-0.4, -0.2) is 40.5 Å². The number of hydrogen-bond donors (Lipinski definition) is 1. The largest absolute Gasteiger partial charge is 0.489 e. The molecule has 0 radical (unpaired) electrons. The monoisotopic (exact) mass is 437 g/mol. The maximum Gasteiger partial charge on any atom is 0.234 e. The van der Waals surface area contributed by atoms with Gasteiger partial charge in [-0.2, -0.15) is 0 Å². The van der Waals surface area contributed by atoms with Crippen LogP contribution in [0.25, 0.3) is 5.69 Å². The number of carbonyl (C=O) groups excluding carboxylic acids is 1. The van der Waals surface area contributed by atoms with E-state index in [2.05, 4.69) is 23.3 Å². The second-order valence-electron chi connectivity index (χ2n) is 7.65. The fraction of sp³-hybridized carbons (Fsp3) is 0.333. The van der Waals surface area contributed by atoms with Crippen molar-refractivity contribution in [2.75, 3.05) is 24.3 Å². The minimum atomic E-state index is -0.102. The van der Waals surface area contributed by atoms with Gasteiger partial charge in [-0.05, 0) is 56.0 Å². The molecular weight excluding hydrogens is 410 g/mol. The highest BCUT2D eigenvalue weighted by molar-refractivity contribution is 7.99. The van der Waals surface area contributed by atoms with E-state index in [0.29, 0.717) is 18.0 Å². The molecule has 4 rings (SSSR count). The summed E-state index contributed by atoms with van der Waals surface area (Å²) in [4.78, 5) is 17.1. The Morgan fingerprint density at radius 1 is 1.29 bits per heavy atom. The summed E-state index contributed by atoms with van der Waals surface area (Å²) in [5.74, 6) is 0.826. The van der Waals surface area contributed by atoms with Gasteiger partial charge < -0.3 is 14.8 Å². The summed E-state index contributed by atoms with van der Waals surface area (Å²) in [6, 6.07) is 13.9. The van der Waals surface area contributed by atoms with Gasteiger partial charge in [0.25, 0.3) is 0 Å². The quantitative estimate of drug-likeness (QED) is 0.514. The SMILES string of the molecule is Cc1ccc(NC(=O)CSc2nccn2-c2ccccc2C)c(OCC2CCCO2)c1. The van der Waals surface area contributed by atoms with Gasteiger partial charge >= 0.3 is 0 Å². The maximum absolute atomic E-state index is 12.7. The van der Waals surface area contributed by atoms with E-state index in [1.54, 1.807) is 6.20 Å². The molecule has 31 heavy (non-hydrogen) atoms. The predicted molar refractivity (Wildman–Crippen MR) is 123 cm³/mol. The highest BCUT2D eigenvalue weighted by Crippen LogP contribution is 2.28. The Bertz CT molecular complexity index is 1040. The molecule has 1 amide bonds. The number of anilines is 1. The molecule has 1 unspecified atom stereocenters. The van der Waals surface area contributed by atoms with E-state index in [-0.39, 0.29) is 17.8 Å². The number of aromatic nitrogens is 2. The van der Waals surface area contributed by atoms with Crippen LogP contribution in [0.15, 0.2) is 60.0 Å². The van der Waals surface area contributed by atoms with Crippen LogP contribution in [-0.2, 0) is 9.53 Å². The first-order valence-corrected chi connectivity index (χ1v) is 11.5. The van der Waals surface area contributed by atoms with Crippen molar-refractivity contribution in [3.63, 3.8) is 0 Å². The third-order valence-electron chi connectivity index (χ3n) is 5.17. The molecule has 1 aliphatic heterocycles. The summed E-state index contributed by atoms with van der Waals surface area (Å²) in [5, 5.41) is 3.76. The van der Waals surface area contributed by atoms with Crippen molar-refractivity contribution in [3.8, 4) is 11.4 Å². The Labute approximate surface area is 187 Å². The van der Waals surface area contributed by atoms with Gasteiger partial charge in [-0.3, -0.25) is 9.36 Å². The molecule has 0 bridgehead atoms. The van der Waals surface area contributed by atoms with Crippen LogP contribution in [0.3, 0.4) is 0 Å². The van der Waals surface area contributed by atoms with Crippen molar-refractivity contribution in [1.82, 2.24) is 9.55 Å². The predicted octanol–water partition coefficient (Wildman–Crippen LogP) is 4.78. The molecule has 1 N–H and O–H groups in total. The zero-order valence-electron chi connectivity index (χ0n) is 17.8. The molecule has 3 aromatic rings. The number of hydrogen-bond acceptors (Lipinski definition) is 5. The molecule has 1 fully saturated rings. The molecule has 1 aliphatic rings. The molecule has 2 heterocycles. The molecule has 7 heteroatoms. The van der Waals surface area contributed by atoms with E-state index in [0.717, 1.165) is 41.4 Å². The third kappa shape index (κ3) is 5.48. The van der Waals surface area contributed by atoms with Gasteiger partial charge in [0.2, 0.25) is 5.91 Å². The van der Waals surface area contributed by atoms with E-state index in [9.17, 15) is 4.79 Å². The van der Waals surface area contributed by atoms with E-state index < -0.39 is 0 Å². The van der Waals surface area contributed by atoms with Crippen LogP contribution < -0.4 is 10.1 Å². The Kier molecular flexibility index (Phi) is 6.94. The van der Waals surface area contributed by atoms with Crippen LogP contribution in [0.1, 0.15) is 24.0 Å². The van der Waals surface area contributed by atoms with Gasteiger partial charge in [-0.1, -0.05) is 36.0 Å². The third-order valence-corrected chi connectivity index (χ3v) is 6.14. The summed E-state index contributed by atoms with van der Waals surface area (Å²) < 4.78 is 13.6. The molecular formula is C24H27N3O3S. The van der Waals surface area contributed by atoms with Crippen molar-refractivity contribution in [2.45, 2.75) is 37.9 Å². The molecule has 1 atom stereocenters. The van der Waals surface area contributed by atoms with E-state index in [1.807, 2.05) is 54.1 Å². The zero-order chi connectivity index (χ0) is 21.6. The fourth-order valence-corrected chi connectivity index (χ4v) is 4.31. The molecule has 1 aromatic heterocycles. The average Bonchev–Trinajstić information content (AvgIpc) is 3.45. The van der Waals surface area contributed by atoms with Gasteiger partial charge in [0.05, 0.1) is 23.2 Å². The minimum Gasteiger partial charge on any atom is -0.489 e. The number of nitrogens with zero attached hydrogens (tertiary/aromatic N) is 2. The topological polar surface area (TPSA) is 65.4 Å². The Hall–Kier alpha value is -2.77. The second kappa shape index (κ2) is 10.0. The second-order valence-corrected chi connectivity index (χ2v) is 8.59. The zero-order valence-corrected chi connectivity index (χ0v) is 18.7. The molecule has 6 nitrogen and oxygen atoms in total. The van der Waals surface area contributed by atoms with Gasteiger partial charge in [-0.15, -0.1) is 0 Å².